The molecule has 1 amide bonds. The van der Waals surface area contributed by atoms with Gasteiger partial charge in [0.05, 0.1) is 22.5 Å². The molecule has 9 nitrogen and oxygen atoms in total. The Bertz CT molecular complexity index is 1320. The molecule has 0 saturated carbocycles. The summed E-state index contributed by atoms with van der Waals surface area (Å²) in [7, 11) is 0. The van der Waals surface area contributed by atoms with Gasteiger partial charge < -0.3 is 13.8 Å². The van der Waals surface area contributed by atoms with Gasteiger partial charge in [0.1, 0.15) is 6.33 Å². The van der Waals surface area contributed by atoms with Gasteiger partial charge in [0.2, 0.25) is 5.91 Å². The van der Waals surface area contributed by atoms with E-state index >= 15 is 0 Å². The molecule has 0 spiro atoms. The molecule has 1 aliphatic heterocycles. The molecule has 4 heterocycles. The van der Waals surface area contributed by atoms with Gasteiger partial charge in [-0.05, 0) is 31.9 Å². The minimum Gasteiger partial charge on any atom is -0.408 e. The number of carbonyl (C=O) groups excluding carboxylic acids is 1. The van der Waals surface area contributed by atoms with Gasteiger partial charge in [-0.2, -0.15) is 0 Å². The van der Waals surface area contributed by atoms with E-state index in [-0.39, 0.29) is 24.8 Å². The van der Waals surface area contributed by atoms with E-state index in [4.69, 9.17) is 8.94 Å². The maximum atomic E-state index is 13.0. The number of amides is 1. The van der Waals surface area contributed by atoms with Gasteiger partial charge in [-0.1, -0.05) is 17.3 Å². The monoisotopic (exact) mass is 433 g/mol. The maximum Gasteiger partial charge on any atom is 0.419 e. The van der Waals surface area contributed by atoms with Crippen molar-refractivity contribution in [1.82, 2.24) is 24.6 Å². The van der Waals surface area contributed by atoms with Gasteiger partial charge >= 0.3 is 5.76 Å². The molecule has 0 radical (unpaired) electrons. The fourth-order valence-corrected chi connectivity index (χ4v) is 4.36. The molecular weight excluding hydrogens is 410 g/mol. The summed E-state index contributed by atoms with van der Waals surface area (Å²) in [6, 6.07) is 9.10. The highest BCUT2D eigenvalue weighted by Crippen LogP contribution is 2.33. The Morgan fingerprint density at radius 2 is 2.16 bits per heavy atom. The van der Waals surface area contributed by atoms with Gasteiger partial charge in [-0.3, -0.25) is 9.36 Å². The number of hydrogen-bond donors (Lipinski definition) is 0. The number of oxazole rings is 1. The third kappa shape index (κ3) is 3.81. The minimum atomic E-state index is -0.441. The number of benzene rings is 1. The topological polar surface area (TPSA) is 107 Å². The van der Waals surface area contributed by atoms with Gasteiger partial charge in [0.15, 0.2) is 11.3 Å². The molecule has 32 heavy (non-hydrogen) atoms. The number of aromatic nitrogens is 4. The predicted octanol–water partition coefficient (Wildman–Crippen LogP) is 3.14. The van der Waals surface area contributed by atoms with Crippen molar-refractivity contribution in [2.24, 2.45) is 0 Å². The number of carbonyl (C=O) groups is 1. The summed E-state index contributed by atoms with van der Waals surface area (Å²) in [6.45, 7) is 3.41. The van der Waals surface area contributed by atoms with Crippen molar-refractivity contribution < 1.29 is 13.7 Å². The third-order valence-electron chi connectivity index (χ3n) is 5.92. The molecule has 1 fully saturated rings. The van der Waals surface area contributed by atoms with Crippen LogP contribution < -0.4 is 5.76 Å². The Labute approximate surface area is 183 Å². The molecule has 3 aromatic heterocycles. The first-order valence-corrected chi connectivity index (χ1v) is 10.7. The van der Waals surface area contributed by atoms with Gasteiger partial charge in [-0.25, -0.2) is 14.8 Å². The van der Waals surface area contributed by atoms with Crippen LogP contribution in [0.3, 0.4) is 0 Å². The van der Waals surface area contributed by atoms with Crippen molar-refractivity contribution >= 4 is 17.0 Å². The number of likely N-dealkylation sites (tertiary alicyclic amines) is 1. The molecule has 1 atom stereocenters. The Hall–Kier alpha value is -3.75. The molecule has 4 aromatic rings. The second kappa shape index (κ2) is 8.41. The highest BCUT2D eigenvalue weighted by Gasteiger charge is 2.28. The lowest BCUT2D eigenvalue weighted by molar-refractivity contribution is -0.132. The molecular formula is C23H23N5O4. The van der Waals surface area contributed by atoms with Gasteiger partial charge in [0, 0.05) is 44.2 Å². The Morgan fingerprint density at radius 3 is 3.00 bits per heavy atom. The zero-order chi connectivity index (χ0) is 22.1. The van der Waals surface area contributed by atoms with Crippen LogP contribution in [0.1, 0.15) is 36.6 Å². The summed E-state index contributed by atoms with van der Waals surface area (Å²) in [6.07, 6.45) is 5.30. The van der Waals surface area contributed by atoms with Crippen LogP contribution in [0, 0.1) is 6.92 Å². The lowest BCUT2D eigenvalue weighted by Crippen LogP contribution is -2.40. The lowest BCUT2D eigenvalue weighted by atomic mass is 9.91. The van der Waals surface area contributed by atoms with Crippen molar-refractivity contribution in [3.63, 3.8) is 0 Å². The number of hydrogen-bond acceptors (Lipinski definition) is 7. The van der Waals surface area contributed by atoms with Crippen molar-refractivity contribution in [3.8, 4) is 11.3 Å². The van der Waals surface area contributed by atoms with Crippen molar-refractivity contribution in [2.75, 3.05) is 13.1 Å². The maximum absolute atomic E-state index is 13.0. The Morgan fingerprint density at radius 1 is 1.28 bits per heavy atom. The highest BCUT2D eigenvalue weighted by molar-refractivity contribution is 5.77. The molecule has 0 N–H and O–H groups in total. The van der Waals surface area contributed by atoms with Crippen LogP contribution in [0.15, 0.2) is 56.6 Å². The van der Waals surface area contributed by atoms with E-state index in [9.17, 15) is 9.59 Å². The van der Waals surface area contributed by atoms with E-state index in [0.717, 1.165) is 29.8 Å². The fraction of sp³-hybridized carbons (Fsp3) is 0.348. The number of rotatable bonds is 5. The average molecular weight is 433 g/mol. The van der Waals surface area contributed by atoms with Gasteiger partial charge in [-0.15, -0.1) is 0 Å². The van der Waals surface area contributed by atoms with Crippen LogP contribution in [-0.4, -0.2) is 43.6 Å². The second-order valence-corrected chi connectivity index (χ2v) is 8.07. The average Bonchev–Trinajstić information content (AvgIpc) is 3.39. The molecule has 0 aliphatic carbocycles. The molecule has 1 aromatic carbocycles. The highest BCUT2D eigenvalue weighted by atomic mass is 16.5. The molecule has 0 bridgehead atoms. The predicted molar refractivity (Wildman–Crippen MR) is 116 cm³/mol. The summed E-state index contributed by atoms with van der Waals surface area (Å²) in [5.74, 6) is 0.280. The first-order chi connectivity index (χ1) is 15.6. The molecule has 1 saturated heterocycles. The van der Waals surface area contributed by atoms with Crippen molar-refractivity contribution in [1.29, 1.82) is 0 Å². The molecule has 1 aliphatic rings. The van der Waals surface area contributed by atoms with Crippen molar-refractivity contribution in [2.45, 2.75) is 38.6 Å². The van der Waals surface area contributed by atoms with Gasteiger partial charge in [0.25, 0.3) is 0 Å². The SMILES string of the molecule is Cc1cc(-c2cncnc2C2CCCN(C(=O)CCn3c(=O)oc4ccccc43)C2)on1. The molecule has 164 valence electrons. The number of nitrogens with zero attached hydrogens (tertiary/aromatic N) is 5. The smallest absolute Gasteiger partial charge is 0.408 e. The van der Waals surface area contributed by atoms with Crippen LogP contribution in [-0.2, 0) is 11.3 Å². The summed E-state index contributed by atoms with van der Waals surface area (Å²) in [5, 5.41) is 3.97. The number of para-hydroxylation sites is 2. The second-order valence-electron chi connectivity index (χ2n) is 8.07. The molecule has 1 unspecified atom stereocenters. The van der Waals surface area contributed by atoms with E-state index in [1.807, 2.05) is 36.1 Å². The summed E-state index contributed by atoms with van der Waals surface area (Å²) in [5.41, 5.74) is 3.70. The summed E-state index contributed by atoms with van der Waals surface area (Å²) >= 11 is 0. The number of aryl methyl sites for hydroxylation is 2. The Balaban J connectivity index is 1.31. The normalized spacial score (nSPS) is 16.5. The fourth-order valence-electron chi connectivity index (χ4n) is 4.36. The zero-order valence-corrected chi connectivity index (χ0v) is 17.7. The first kappa shape index (κ1) is 20.2. The largest absolute Gasteiger partial charge is 0.419 e. The van der Waals surface area contributed by atoms with Crippen LogP contribution in [0.2, 0.25) is 0 Å². The van der Waals surface area contributed by atoms with E-state index in [1.54, 1.807) is 12.3 Å². The summed E-state index contributed by atoms with van der Waals surface area (Å²) < 4.78 is 12.2. The first-order valence-electron chi connectivity index (χ1n) is 10.7. The lowest BCUT2D eigenvalue weighted by Gasteiger charge is -2.33. The van der Waals surface area contributed by atoms with Crippen LogP contribution in [0.25, 0.3) is 22.4 Å². The summed E-state index contributed by atoms with van der Waals surface area (Å²) in [4.78, 5) is 35.7. The van der Waals surface area contributed by atoms with E-state index in [1.165, 1.54) is 10.9 Å². The Kier molecular flexibility index (Phi) is 5.30. The van der Waals surface area contributed by atoms with E-state index in [2.05, 4.69) is 15.1 Å². The standard InChI is InChI=1S/C23H23N5O4/c1-15-11-20(32-26-15)17-12-24-14-25-22(17)16-5-4-9-27(13-16)21(29)8-10-28-18-6-2-3-7-19(18)31-23(28)30/h2-3,6-7,11-12,14,16H,4-5,8-10,13H2,1H3. The van der Waals surface area contributed by atoms with E-state index < -0.39 is 5.76 Å². The van der Waals surface area contributed by atoms with E-state index in [0.29, 0.717) is 29.9 Å². The minimum absolute atomic E-state index is 0.0120. The zero-order valence-electron chi connectivity index (χ0n) is 17.7. The van der Waals surface area contributed by atoms with Crippen LogP contribution in [0.5, 0.6) is 0 Å². The van der Waals surface area contributed by atoms with Crippen LogP contribution >= 0.6 is 0 Å². The van der Waals surface area contributed by atoms with Crippen molar-refractivity contribution in [3.05, 3.63) is 64.8 Å². The number of fused-ring (bicyclic) bond motifs is 1. The third-order valence-corrected chi connectivity index (χ3v) is 5.92. The molecule has 5 rings (SSSR count). The molecule has 9 heteroatoms. The number of piperidine rings is 1. The quantitative estimate of drug-likeness (QED) is 0.476. The van der Waals surface area contributed by atoms with Crippen LogP contribution in [0.4, 0.5) is 0 Å².